The second-order valence-corrected chi connectivity index (χ2v) is 7.05. The average molecular weight is 340 g/mol. The lowest BCUT2D eigenvalue weighted by molar-refractivity contribution is -0.0925. The van der Waals surface area contributed by atoms with Crippen molar-refractivity contribution in [2.45, 2.75) is 57.6 Å². The van der Waals surface area contributed by atoms with Crippen molar-refractivity contribution in [2.24, 2.45) is 11.7 Å². The van der Waals surface area contributed by atoms with Crippen molar-refractivity contribution in [2.75, 3.05) is 6.61 Å². The summed E-state index contributed by atoms with van der Waals surface area (Å²) in [6.45, 7) is 5.15. The fraction of sp³-hybridized carbons (Fsp3) is 0.647. The lowest BCUT2D eigenvalue weighted by Gasteiger charge is -2.44. The molecular weight excluding hydrogens is 314 g/mol. The van der Waals surface area contributed by atoms with E-state index in [0.29, 0.717) is 5.92 Å². The highest BCUT2D eigenvalue weighted by Crippen LogP contribution is 2.38. The Morgan fingerprint density at radius 1 is 1.40 bits per heavy atom. The van der Waals surface area contributed by atoms with Crippen molar-refractivity contribution in [3.05, 3.63) is 34.3 Å². The number of hydrogen-bond acceptors (Lipinski definition) is 2. The Kier molecular flexibility index (Phi) is 5.65. The smallest absolute Gasteiger partial charge is 0.0838 e. The highest BCUT2D eigenvalue weighted by Gasteiger charge is 2.40. The molecule has 1 saturated carbocycles. The molecule has 2 nitrogen and oxygen atoms in total. The van der Waals surface area contributed by atoms with Gasteiger partial charge in [0.15, 0.2) is 0 Å². The van der Waals surface area contributed by atoms with Crippen molar-refractivity contribution in [1.29, 1.82) is 0 Å². The first-order chi connectivity index (χ1) is 9.55. The van der Waals surface area contributed by atoms with Gasteiger partial charge in [-0.05, 0) is 49.8 Å². The molecule has 0 heterocycles. The van der Waals surface area contributed by atoms with Gasteiger partial charge in [-0.2, -0.15) is 0 Å². The SMILES string of the molecule is CCOC1(C(N)Cc2ccc(Br)cc2)CCCC(C)C1. The number of hydrogen-bond donors (Lipinski definition) is 1. The van der Waals surface area contributed by atoms with Crippen molar-refractivity contribution < 1.29 is 4.74 Å². The normalized spacial score (nSPS) is 28.3. The largest absolute Gasteiger partial charge is 0.374 e. The Morgan fingerprint density at radius 3 is 2.70 bits per heavy atom. The molecule has 0 aliphatic heterocycles. The molecule has 1 aromatic rings. The molecular formula is C17H26BrNO. The Morgan fingerprint density at radius 2 is 2.10 bits per heavy atom. The molecule has 2 rings (SSSR count). The molecule has 1 aliphatic rings. The van der Waals surface area contributed by atoms with Crippen LogP contribution >= 0.6 is 15.9 Å². The van der Waals surface area contributed by atoms with E-state index >= 15 is 0 Å². The summed E-state index contributed by atoms with van der Waals surface area (Å²) in [6.07, 6.45) is 5.62. The zero-order chi connectivity index (χ0) is 14.6. The second-order valence-electron chi connectivity index (χ2n) is 6.14. The van der Waals surface area contributed by atoms with E-state index in [1.54, 1.807) is 0 Å². The van der Waals surface area contributed by atoms with Crippen LogP contribution in [0.3, 0.4) is 0 Å². The molecule has 0 aromatic heterocycles. The van der Waals surface area contributed by atoms with Crippen LogP contribution in [0.15, 0.2) is 28.7 Å². The second kappa shape index (κ2) is 7.06. The fourth-order valence-electron chi connectivity index (χ4n) is 3.47. The standard InChI is InChI=1S/C17H26BrNO/c1-3-20-17(10-4-5-13(2)12-17)16(19)11-14-6-8-15(18)9-7-14/h6-9,13,16H,3-5,10-12,19H2,1-2H3. The minimum atomic E-state index is -0.126. The molecule has 0 bridgehead atoms. The topological polar surface area (TPSA) is 35.2 Å². The summed E-state index contributed by atoms with van der Waals surface area (Å²) in [4.78, 5) is 0. The summed E-state index contributed by atoms with van der Waals surface area (Å²) in [7, 11) is 0. The summed E-state index contributed by atoms with van der Waals surface area (Å²) in [5.74, 6) is 0.714. The van der Waals surface area contributed by atoms with Gasteiger partial charge in [0.25, 0.3) is 0 Å². The fourth-order valence-corrected chi connectivity index (χ4v) is 3.73. The Bertz CT molecular complexity index is 416. The monoisotopic (exact) mass is 339 g/mol. The molecule has 0 radical (unpaired) electrons. The first-order valence-electron chi connectivity index (χ1n) is 7.70. The van der Waals surface area contributed by atoms with Crippen molar-refractivity contribution in [1.82, 2.24) is 0 Å². The lowest BCUT2D eigenvalue weighted by atomic mass is 9.73. The van der Waals surface area contributed by atoms with Gasteiger partial charge in [-0.25, -0.2) is 0 Å². The van der Waals surface area contributed by atoms with Crippen LogP contribution in [0, 0.1) is 5.92 Å². The molecule has 0 saturated heterocycles. The zero-order valence-electron chi connectivity index (χ0n) is 12.6. The molecule has 2 N–H and O–H groups in total. The van der Waals surface area contributed by atoms with Crippen LogP contribution in [0.1, 0.15) is 45.1 Å². The van der Waals surface area contributed by atoms with Crippen LogP contribution in [0.25, 0.3) is 0 Å². The number of benzene rings is 1. The van der Waals surface area contributed by atoms with Crippen LogP contribution in [0.5, 0.6) is 0 Å². The molecule has 0 spiro atoms. The van der Waals surface area contributed by atoms with E-state index in [0.717, 1.165) is 30.3 Å². The van der Waals surface area contributed by atoms with Crippen molar-refractivity contribution in [3.8, 4) is 0 Å². The van der Waals surface area contributed by atoms with Gasteiger partial charge in [-0.15, -0.1) is 0 Å². The van der Waals surface area contributed by atoms with Crippen molar-refractivity contribution in [3.63, 3.8) is 0 Å². The zero-order valence-corrected chi connectivity index (χ0v) is 14.2. The maximum atomic E-state index is 6.57. The first kappa shape index (κ1) is 16.0. The van der Waals surface area contributed by atoms with Crippen LogP contribution in [0.4, 0.5) is 0 Å². The summed E-state index contributed by atoms with van der Waals surface area (Å²) in [5, 5.41) is 0. The van der Waals surface area contributed by atoms with Crippen LogP contribution < -0.4 is 5.73 Å². The molecule has 3 heteroatoms. The van der Waals surface area contributed by atoms with E-state index in [1.807, 2.05) is 0 Å². The lowest BCUT2D eigenvalue weighted by Crippen LogP contribution is -2.53. The molecule has 3 atom stereocenters. The Hall–Kier alpha value is -0.380. The van der Waals surface area contributed by atoms with Gasteiger partial charge in [-0.3, -0.25) is 0 Å². The van der Waals surface area contributed by atoms with Gasteiger partial charge in [-0.1, -0.05) is 47.8 Å². The van der Waals surface area contributed by atoms with Gasteiger partial charge in [0.1, 0.15) is 0 Å². The molecule has 1 aliphatic carbocycles. The molecule has 1 fully saturated rings. The average Bonchev–Trinajstić information content (AvgIpc) is 2.41. The molecule has 20 heavy (non-hydrogen) atoms. The first-order valence-corrected chi connectivity index (χ1v) is 8.49. The van der Waals surface area contributed by atoms with Gasteiger partial charge < -0.3 is 10.5 Å². The van der Waals surface area contributed by atoms with Crippen LogP contribution in [-0.4, -0.2) is 18.2 Å². The van der Waals surface area contributed by atoms with Crippen LogP contribution in [-0.2, 0) is 11.2 Å². The van der Waals surface area contributed by atoms with Crippen molar-refractivity contribution >= 4 is 15.9 Å². The third kappa shape index (κ3) is 3.84. The van der Waals surface area contributed by atoms with Gasteiger partial charge >= 0.3 is 0 Å². The number of halogens is 1. The highest BCUT2D eigenvalue weighted by atomic mass is 79.9. The number of rotatable bonds is 5. The molecule has 0 amide bonds. The van der Waals surface area contributed by atoms with E-state index in [-0.39, 0.29) is 11.6 Å². The van der Waals surface area contributed by atoms with E-state index in [1.165, 1.54) is 18.4 Å². The van der Waals surface area contributed by atoms with Gasteiger partial charge in [0, 0.05) is 17.1 Å². The maximum absolute atomic E-state index is 6.57. The summed E-state index contributed by atoms with van der Waals surface area (Å²) < 4.78 is 7.28. The third-order valence-corrected chi connectivity index (χ3v) is 5.00. The molecule has 3 unspecified atom stereocenters. The predicted molar refractivity (Wildman–Crippen MR) is 87.8 cm³/mol. The highest BCUT2D eigenvalue weighted by molar-refractivity contribution is 9.10. The summed E-state index contributed by atoms with van der Waals surface area (Å²) in [5.41, 5.74) is 7.73. The number of nitrogens with two attached hydrogens (primary N) is 1. The van der Waals surface area contributed by atoms with Crippen LogP contribution in [0.2, 0.25) is 0 Å². The van der Waals surface area contributed by atoms with E-state index in [9.17, 15) is 0 Å². The molecule has 1 aromatic carbocycles. The minimum absolute atomic E-state index is 0.0753. The van der Waals surface area contributed by atoms with E-state index in [2.05, 4.69) is 54.0 Å². The minimum Gasteiger partial charge on any atom is -0.374 e. The van der Waals surface area contributed by atoms with E-state index in [4.69, 9.17) is 10.5 Å². The predicted octanol–water partition coefficient (Wildman–Crippen LogP) is 4.30. The van der Waals surface area contributed by atoms with Gasteiger partial charge in [0.2, 0.25) is 0 Å². The van der Waals surface area contributed by atoms with Gasteiger partial charge in [0.05, 0.1) is 5.60 Å². The molecule has 112 valence electrons. The quantitative estimate of drug-likeness (QED) is 0.867. The Balaban J connectivity index is 2.10. The summed E-state index contributed by atoms with van der Waals surface area (Å²) in [6, 6.07) is 8.54. The maximum Gasteiger partial charge on any atom is 0.0838 e. The Labute approximate surface area is 131 Å². The van der Waals surface area contributed by atoms with E-state index < -0.39 is 0 Å². The number of ether oxygens (including phenoxy) is 1. The summed E-state index contributed by atoms with van der Waals surface area (Å²) >= 11 is 3.48. The third-order valence-electron chi connectivity index (χ3n) is 4.47.